The molecule has 2 rings (SSSR count). The highest BCUT2D eigenvalue weighted by molar-refractivity contribution is 5.54. The molecule has 0 saturated heterocycles. The van der Waals surface area contributed by atoms with Crippen LogP contribution < -0.4 is 10.6 Å². The van der Waals surface area contributed by atoms with Crippen LogP contribution in [0.4, 0.5) is 22.7 Å². The molecule has 2 aromatic carbocycles. The number of hydrogen-bond donors (Lipinski definition) is 2. The summed E-state index contributed by atoms with van der Waals surface area (Å²) in [5.74, 6) is 0. The average molecular weight is 445 g/mol. The van der Waals surface area contributed by atoms with Crippen LogP contribution >= 0.6 is 0 Å². The first kappa shape index (κ1) is 25.1. The van der Waals surface area contributed by atoms with Crippen LogP contribution in [0.2, 0.25) is 0 Å². The number of rotatable bonds is 13. The van der Waals surface area contributed by atoms with Gasteiger partial charge < -0.3 is 15.1 Å². The number of quaternary nitrogens is 1. The van der Waals surface area contributed by atoms with Crippen LogP contribution in [0.5, 0.6) is 0 Å². The van der Waals surface area contributed by atoms with E-state index < -0.39 is 0 Å². The first-order valence-electron chi connectivity index (χ1n) is 11.0. The van der Waals surface area contributed by atoms with Gasteiger partial charge in [0.2, 0.25) is 0 Å². The second-order valence-electron chi connectivity index (χ2n) is 8.46. The lowest BCUT2D eigenvalue weighted by molar-refractivity contribution is -0.907. The fourth-order valence-electron chi connectivity index (χ4n) is 3.76. The molecule has 0 spiro atoms. The van der Waals surface area contributed by atoms with Crippen molar-refractivity contribution in [3.05, 3.63) is 67.8 Å². The summed E-state index contributed by atoms with van der Waals surface area (Å²) < 4.78 is 0.960. The van der Waals surface area contributed by atoms with Crippen molar-refractivity contribution < 1.29 is 14.3 Å². The molecule has 0 aliphatic rings. The standard InChI is InChI=1S/C23H34N5O4/c1-5-28(4,14-6-12-24-20-8-10-22(26(29)30)18(2)16-20)15-7-13-25-21-9-11-23(27(31)32)19(3)17-21/h8-11,16-17,24-25H,5-7,12-15H2,1-4H3/q+1. The first-order valence-corrected chi connectivity index (χ1v) is 11.0. The maximum Gasteiger partial charge on any atom is 0.272 e. The maximum atomic E-state index is 10.9. The van der Waals surface area contributed by atoms with Crippen molar-refractivity contribution in [3.63, 3.8) is 0 Å². The minimum atomic E-state index is -0.360. The van der Waals surface area contributed by atoms with Crippen LogP contribution in [-0.4, -0.2) is 54.1 Å². The minimum absolute atomic E-state index is 0.142. The quantitative estimate of drug-likeness (QED) is 0.197. The van der Waals surface area contributed by atoms with Gasteiger partial charge in [-0.25, -0.2) is 0 Å². The Morgan fingerprint density at radius 2 is 1.22 bits per heavy atom. The van der Waals surface area contributed by atoms with Gasteiger partial charge in [-0.2, -0.15) is 0 Å². The molecule has 0 radical (unpaired) electrons. The number of hydrogen-bond acceptors (Lipinski definition) is 6. The molecule has 0 bridgehead atoms. The molecular formula is C23H34N5O4+. The van der Waals surface area contributed by atoms with Gasteiger partial charge in [0.15, 0.2) is 0 Å². The Kier molecular flexibility index (Phi) is 8.95. The summed E-state index contributed by atoms with van der Waals surface area (Å²) in [4.78, 5) is 21.1. The van der Waals surface area contributed by atoms with Gasteiger partial charge in [0.25, 0.3) is 11.4 Å². The summed E-state index contributed by atoms with van der Waals surface area (Å²) in [7, 11) is 2.26. The van der Waals surface area contributed by atoms with Crippen LogP contribution in [0.3, 0.4) is 0 Å². The number of nitro groups is 2. The molecule has 9 heteroatoms. The summed E-state index contributed by atoms with van der Waals surface area (Å²) in [6.07, 6.45) is 1.99. The topological polar surface area (TPSA) is 110 Å². The Balaban J connectivity index is 1.74. The zero-order chi connectivity index (χ0) is 23.7. The summed E-state index contributed by atoms with van der Waals surface area (Å²) in [6.45, 7) is 10.4. The van der Waals surface area contributed by atoms with Crippen molar-refractivity contribution in [3.8, 4) is 0 Å². The zero-order valence-corrected chi connectivity index (χ0v) is 19.4. The molecule has 174 valence electrons. The second-order valence-corrected chi connectivity index (χ2v) is 8.46. The van der Waals surface area contributed by atoms with Crippen LogP contribution in [-0.2, 0) is 0 Å². The van der Waals surface area contributed by atoms with Gasteiger partial charge >= 0.3 is 0 Å². The normalized spacial score (nSPS) is 11.2. The molecule has 32 heavy (non-hydrogen) atoms. The fraction of sp³-hybridized carbons (Fsp3) is 0.478. The number of anilines is 2. The van der Waals surface area contributed by atoms with Gasteiger partial charge in [-0.05, 0) is 45.0 Å². The molecule has 0 unspecified atom stereocenters. The first-order chi connectivity index (χ1) is 15.1. The summed E-state index contributed by atoms with van der Waals surface area (Å²) >= 11 is 0. The lowest BCUT2D eigenvalue weighted by Crippen LogP contribution is -2.46. The van der Waals surface area contributed by atoms with Gasteiger partial charge in [0.05, 0.1) is 36.5 Å². The second kappa shape index (κ2) is 11.4. The number of nitro benzene ring substituents is 2. The van der Waals surface area contributed by atoms with Crippen molar-refractivity contribution in [2.45, 2.75) is 33.6 Å². The van der Waals surface area contributed by atoms with E-state index >= 15 is 0 Å². The van der Waals surface area contributed by atoms with Crippen LogP contribution in [0.15, 0.2) is 36.4 Å². The van der Waals surface area contributed by atoms with Gasteiger partial charge in [-0.1, -0.05) is 0 Å². The van der Waals surface area contributed by atoms with E-state index in [0.29, 0.717) is 11.1 Å². The Hall–Kier alpha value is -3.20. The molecule has 0 saturated carbocycles. The highest BCUT2D eigenvalue weighted by atomic mass is 16.6. The van der Waals surface area contributed by atoms with Crippen LogP contribution in [0, 0.1) is 34.1 Å². The van der Waals surface area contributed by atoms with E-state index in [1.807, 2.05) is 12.1 Å². The average Bonchev–Trinajstić information content (AvgIpc) is 2.74. The van der Waals surface area contributed by atoms with Crippen molar-refractivity contribution >= 4 is 22.7 Å². The van der Waals surface area contributed by atoms with Gasteiger partial charge in [-0.3, -0.25) is 20.2 Å². The Labute approximate surface area is 189 Å². The summed E-state index contributed by atoms with van der Waals surface area (Å²) in [6, 6.07) is 10.2. The third-order valence-corrected chi connectivity index (χ3v) is 5.96. The molecule has 2 aromatic rings. The van der Waals surface area contributed by atoms with E-state index in [2.05, 4.69) is 24.6 Å². The number of aryl methyl sites for hydroxylation is 2. The van der Waals surface area contributed by atoms with E-state index in [9.17, 15) is 20.2 Å². The van der Waals surface area contributed by atoms with E-state index in [4.69, 9.17) is 0 Å². The lowest BCUT2D eigenvalue weighted by atomic mass is 10.1. The molecule has 0 aromatic heterocycles. The number of benzene rings is 2. The molecule has 0 fully saturated rings. The van der Waals surface area contributed by atoms with Crippen molar-refractivity contribution in [2.75, 3.05) is 50.4 Å². The van der Waals surface area contributed by atoms with Crippen molar-refractivity contribution in [1.82, 2.24) is 0 Å². The monoisotopic (exact) mass is 444 g/mol. The van der Waals surface area contributed by atoms with E-state index in [-0.39, 0.29) is 21.2 Å². The third-order valence-electron chi connectivity index (χ3n) is 5.96. The van der Waals surface area contributed by atoms with E-state index in [1.165, 1.54) is 0 Å². The predicted octanol–water partition coefficient (Wildman–Crippen LogP) is 4.89. The smallest absolute Gasteiger partial charge is 0.272 e. The zero-order valence-electron chi connectivity index (χ0n) is 19.4. The number of nitrogens with one attached hydrogen (secondary N) is 2. The largest absolute Gasteiger partial charge is 0.385 e. The SMILES string of the molecule is CC[N+](C)(CCCNc1ccc([N+](=O)[O-])c(C)c1)CCCNc1ccc([N+](=O)[O-])c(C)c1. The molecular weight excluding hydrogens is 410 g/mol. The van der Waals surface area contributed by atoms with Crippen molar-refractivity contribution in [2.24, 2.45) is 0 Å². The minimum Gasteiger partial charge on any atom is -0.385 e. The Bertz CT molecular complexity index is 876. The highest BCUT2D eigenvalue weighted by Crippen LogP contribution is 2.22. The molecule has 0 atom stereocenters. The third kappa shape index (κ3) is 7.19. The van der Waals surface area contributed by atoms with Gasteiger partial charge in [0.1, 0.15) is 0 Å². The van der Waals surface area contributed by atoms with Gasteiger partial charge in [0, 0.05) is 60.6 Å². The molecule has 0 amide bonds. The highest BCUT2D eigenvalue weighted by Gasteiger charge is 2.18. The van der Waals surface area contributed by atoms with Gasteiger partial charge in [-0.15, -0.1) is 0 Å². The fourth-order valence-corrected chi connectivity index (χ4v) is 3.76. The number of nitrogens with zero attached hydrogens (tertiary/aromatic N) is 3. The molecule has 0 heterocycles. The maximum absolute atomic E-state index is 10.9. The lowest BCUT2D eigenvalue weighted by Gasteiger charge is -2.33. The molecule has 0 aliphatic carbocycles. The predicted molar refractivity (Wildman–Crippen MR) is 128 cm³/mol. The van der Waals surface area contributed by atoms with Crippen LogP contribution in [0.1, 0.15) is 30.9 Å². The summed E-state index contributed by atoms with van der Waals surface area (Å²) in [5, 5.41) is 28.6. The van der Waals surface area contributed by atoms with Crippen molar-refractivity contribution in [1.29, 1.82) is 0 Å². The van der Waals surface area contributed by atoms with Crippen LogP contribution in [0.25, 0.3) is 0 Å². The molecule has 9 nitrogen and oxygen atoms in total. The Morgan fingerprint density at radius 1 is 0.812 bits per heavy atom. The Morgan fingerprint density at radius 3 is 1.53 bits per heavy atom. The summed E-state index contributed by atoms with van der Waals surface area (Å²) in [5.41, 5.74) is 3.41. The van der Waals surface area contributed by atoms with E-state index in [0.717, 1.165) is 61.4 Å². The molecule has 0 aliphatic heterocycles. The van der Waals surface area contributed by atoms with E-state index in [1.54, 1.807) is 38.1 Å². The molecule has 2 N–H and O–H groups in total.